The average Bonchev–Trinajstić information content (AvgIpc) is 1.60. The van der Waals surface area contributed by atoms with Crippen LogP contribution in [0.3, 0.4) is 0 Å². The van der Waals surface area contributed by atoms with Gasteiger partial charge in [0.2, 0.25) is 0 Å². The summed E-state index contributed by atoms with van der Waals surface area (Å²) < 4.78 is 16.4. The number of rotatable bonds is 9. The molecule has 9 heteroatoms. The Balaban J connectivity index is 0.948. The summed E-state index contributed by atoms with van der Waals surface area (Å²) in [5.74, 6) is 3.06. The van der Waals surface area contributed by atoms with Crippen LogP contribution in [0.15, 0.2) is 309 Å². The lowest BCUT2D eigenvalue weighted by atomic mass is 9.33. The van der Waals surface area contributed by atoms with Gasteiger partial charge in [0.05, 0.1) is 11.0 Å². The number of hydrogen-bond donors (Lipinski definition) is 0. The molecule has 13 aromatic carbocycles. The van der Waals surface area contributed by atoms with Crippen LogP contribution >= 0.6 is 0 Å². The van der Waals surface area contributed by atoms with Gasteiger partial charge in [0.25, 0.3) is 13.4 Å². The Bertz CT molecular complexity index is 4720. The summed E-state index contributed by atoms with van der Waals surface area (Å²) in [6.07, 6.45) is 0. The van der Waals surface area contributed by atoms with Gasteiger partial charge in [0, 0.05) is 109 Å². The van der Waals surface area contributed by atoms with Crippen LogP contribution in [0, 0.1) is 0 Å². The fourth-order valence-electron chi connectivity index (χ4n) is 14.5. The molecule has 0 N–H and O–H groups in total. The molecule has 0 saturated heterocycles. The molecular formula is C78H51B2N5O2. The maximum Gasteiger partial charge on any atom is 0.252 e. The van der Waals surface area contributed by atoms with Crippen molar-refractivity contribution in [3.8, 4) is 28.7 Å². The first kappa shape index (κ1) is 49.1. The lowest BCUT2D eigenvalue weighted by molar-refractivity contribution is 0.483. The van der Waals surface area contributed by atoms with E-state index in [1.807, 2.05) is 60.7 Å². The van der Waals surface area contributed by atoms with Crippen molar-refractivity contribution in [3.05, 3.63) is 309 Å². The maximum atomic E-state index is 6.93. The molecule has 0 saturated carbocycles. The second-order valence-electron chi connectivity index (χ2n) is 22.8. The Morgan fingerprint density at radius 1 is 0.218 bits per heavy atom. The molecule has 0 amide bonds. The number of anilines is 12. The van der Waals surface area contributed by atoms with Crippen molar-refractivity contribution in [2.24, 2.45) is 0 Å². The van der Waals surface area contributed by atoms with Crippen LogP contribution in [0.1, 0.15) is 0 Å². The largest absolute Gasteiger partial charge is 0.457 e. The predicted octanol–water partition coefficient (Wildman–Crippen LogP) is 16.5. The summed E-state index contributed by atoms with van der Waals surface area (Å²) >= 11 is 0. The van der Waals surface area contributed by atoms with E-state index in [4.69, 9.17) is 9.47 Å². The van der Waals surface area contributed by atoms with Crippen LogP contribution in [0.4, 0.5) is 68.2 Å². The Morgan fingerprint density at radius 3 is 0.851 bits per heavy atom. The van der Waals surface area contributed by atoms with E-state index < -0.39 is 0 Å². The zero-order valence-corrected chi connectivity index (χ0v) is 47.2. The van der Waals surface area contributed by atoms with Crippen molar-refractivity contribution in [1.82, 2.24) is 4.57 Å². The van der Waals surface area contributed by atoms with Gasteiger partial charge in [-0.15, -0.1) is 0 Å². The van der Waals surface area contributed by atoms with Crippen molar-refractivity contribution in [2.45, 2.75) is 0 Å². The summed E-state index contributed by atoms with van der Waals surface area (Å²) in [5.41, 5.74) is 23.7. The molecule has 1 aromatic heterocycles. The molecule has 5 heterocycles. The van der Waals surface area contributed by atoms with E-state index >= 15 is 0 Å². The molecule has 0 fully saturated rings. The topological polar surface area (TPSA) is 36.4 Å². The Morgan fingerprint density at radius 2 is 0.506 bits per heavy atom. The molecule has 18 rings (SSSR count). The normalized spacial score (nSPS) is 13.1. The highest BCUT2D eigenvalue weighted by Crippen LogP contribution is 2.51. The van der Waals surface area contributed by atoms with Gasteiger partial charge in [0.15, 0.2) is 0 Å². The van der Waals surface area contributed by atoms with Crippen molar-refractivity contribution in [3.63, 3.8) is 0 Å². The molecule has 4 aliphatic rings. The van der Waals surface area contributed by atoms with Crippen LogP contribution in [-0.4, -0.2) is 18.0 Å². The van der Waals surface area contributed by atoms with Crippen LogP contribution in [0.5, 0.6) is 23.0 Å². The van der Waals surface area contributed by atoms with Crippen molar-refractivity contribution >= 4 is 136 Å². The molecule has 406 valence electrons. The van der Waals surface area contributed by atoms with Gasteiger partial charge in [-0.3, -0.25) is 0 Å². The van der Waals surface area contributed by atoms with E-state index in [0.717, 1.165) is 108 Å². The van der Waals surface area contributed by atoms with Crippen LogP contribution in [0.25, 0.3) is 27.5 Å². The fourth-order valence-corrected chi connectivity index (χ4v) is 14.5. The minimum Gasteiger partial charge on any atom is -0.457 e. The monoisotopic (exact) mass is 1110 g/mol. The highest BCUT2D eigenvalue weighted by Gasteiger charge is 2.47. The third-order valence-corrected chi connectivity index (χ3v) is 17.9. The minimum atomic E-state index is -0.145. The van der Waals surface area contributed by atoms with E-state index in [-0.39, 0.29) is 13.4 Å². The molecular weight excluding hydrogens is 1060 g/mol. The summed E-state index contributed by atoms with van der Waals surface area (Å²) in [4.78, 5) is 9.84. The second kappa shape index (κ2) is 19.6. The number of ether oxygens (including phenoxy) is 2. The van der Waals surface area contributed by atoms with E-state index in [1.165, 1.54) is 43.5 Å². The Labute approximate surface area is 505 Å². The molecule has 0 radical (unpaired) electrons. The van der Waals surface area contributed by atoms with Gasteiger partial charge < -0.3 is 33.6 Å². The second-order valence-corrected chi connectivity index (χ2v) is 22.8. The lowest BCUT2D eigenvalue weighted by Crippen LogP contribution is -2.61. The Kier molecular flexibility index (Phi) is 11.0. The number of nitrogens with zero attached hydrogens (tertiary/aromatic N) is 5. The smallest absolute Gasteiger partial charge is 0.252 e. The first-order valence-corrected chi connectivity index (χ1v) is 29.8. The zero-order chi connectivity index (χ0) is 57.1. The first-order valence-electron chi connectivity index (χ1n) is 29.8. The highest BCUT2D eigenvalue weighted by atomic mass is 16.5. The molecule has 0 bridgehead atoms. The van der Waals surface area contributed by atoms with Gasteiger partial charge in [-0.2, -0.15) is 0 Å². The van der Waals surface area contributed by atoms with Crippen molar-refractivity contribution in [2.75, 3.05) is 19.6 Å². The number of hydrogen-bond acceptors (Lipinski definition) is 6. The fraction of sp³-hybridized carbons (Fsp3) is 0. The summed E-state index contributed by atoms with van der Waals surface area (Å²) in [6.45, 7) is -0.290. The van der Waals surface area contributed by atoms with Gasteiger partial charge in [-0.25, -0.2) is 0 Å². The van der Waals surface area contributed by atoms with Gasteiger partial charge in [0.1, 0.15) is 23.0 Å². The molecule has 0 unspecified atom stereocenters. The number of para-hydroxylation sites is 9. The van der Waals surface area contributed by atoms with Crippen molar-refractivity contribution in [1.29, 1.82) is 0 Å². The average molecular weight is 1110 g/mol. The van der Waals surface area contributed by atoms with Gasteiger partial charge in [-0.1, -0.05) is 176 Å². The molecule has 0 aliphatic carbocycles. The third kappa shape index (κ3) is 7.66. The molecule has 14 aromatic rings. The first-order chi connectivity index (χ1) is 43.2. The van der Waals surface area contributed by atoms with E-state index in [9.17, 15) is 0 Å². The minimum absolute atomic E-state index is 0.145. The van der Waals surface area contributed by atoms with Gasteiger partial charge >= 0.3 is 0 Å². The quantitative estimate of drug-likeness (QED) is 0.134. The van der Waals surface area contributed by atoms with Crippen LogP contribution < -0.4 is 61.9 Å². The van der Waals surface area contributed by atoms with Crippen LogP contribution in [0.2, 0.25) is 0 Å². The van der Waals surface area contributed by atoms with E-state index in [0.29, 0.717) is 0 Å². The Hall–Kier alpha value is -11.4. The molecule has 7 nitrogen and oxygen atoms in total. The highest BCUT2D eigenvalue weighted by molar-refractivity contribution is 7.01. The van der Waals surface area contributed by atoms with E-state index in [2.05, 4.69) is 273 Å². The third-order valence-electron chi connectivity index (χ3n) is 17.9. The standard InChI is InChI=1S/C78H51B2N5O2/c1-8-26-52(27-9-1)81-67-42-24-22-40-63(67)79-65-48-61-62-49-66-72(51-70(62)83(54-30-12-3-13-31-54)69(61)50-71(65)84(55-32-14-4-15-33-55)75-46-59(44-73(81)77(75)79)86-57-36-18-6-19-37-57)85(56-34-16-5-17-35-56)76-47-60(87-58-38-20-7-21-39-58)45-74-78(76)80(66)64-41-23-25-43-68(64)82(74)53-28-10-2-11-29-53/h1-51H. The lowest BCUT2D eigenvalue weighted by Gasteiger charge is -2.44. The summed E-state index contributed by atoms with van der Waals surface area (Å²) in [6, 6.07) is 112. The maximum absolute atomic E-state index is 6.93. The zero-order valence-electron chi connectivity index (χ0n) is 47.2. The summed E-state index contributed by atoms with van der Waals surface area (Å²) in [5, 5.41) is 2.36. The number of fused-ring (bicyclic) bond motifs is 11. The number of benzene rings is 13. The molecule has 87 heavy (non-hydrogen) atoms. The molecule has 0 spiro atoms. The summed E-state index contributed by atoms with van der Waals surface area (Å²) in [7, 11) is 0. The predicted molar refractivity (Wildman–Crippen MR) is 362 cm³/mol. The molecule has 0 atom stereocenters. The van der Waals surface area contributed by atoms with E-state index in [1.54, 1.807) is 0 Å². The number of aromatic nitrogens is 1. The van der Waals surface area contributed by atoms with Gasteiger partial charge in [-0.05, 0) is 142 Å². The van der Waals surface area contributed by atoms with Crippen LogP contribution in [-0.2, 0) is 0 Å². The SMILES string of the molecule is c1ccc(Oc2cc3c4c(c2)N(c2ccccc2)c2cc5c(cc2B4c2ccccc2N3c2ccccc2)c2cc3c(cc2n5-c2ccccc2)N(c2ccccc2)c2cc(Oc4ccccc4)cc4c2B3c2ccccc2N4c2ccccc2)cc1. The molecule has 4 aliphatic heterocycles. The van der Waals surface area contributed by atoms with Crippen molar-refractivity contribution < 1.29 is 9.47 Å².